The lowest BCUT2D eigenvalue weighted by molar-refractivity contribution is -0.120. The number of carbonyl (C=O) groups excluding carboxylic acids is 1. The van der Waals surface area contributed by atoms with Crippen LogP contribution in [0.2, 0.25) is 0 Å². The smallest absolute Gasteiger partial charge is 0.241 e. The van der Waals surface area contributed by atoms with E-state index in [2.05, 4.69) is 5.32 Å². The Labute approximate surface area is 132 Å². The van der Waals surface area contributed by atoms with Crippen LogP contribution in [-0.2, 0) is 19.6 Å². The van der Waals surface area contributed by atoms with E-state index in [1.165, 1.54) is 0 Å². The van der Waals surface area contributed by atoms with Crippen LogP contribution in [0.5, 0.6) is 0 Å². The summed E-state index contributed by atoms with van der Waals surface area (Å²) in [6.07, 6.45) is 1.10. The predicted octanol–water partition coefficient (Wildman–Crippen LogP) is 1.22. The Morgan fingerprint density at radius 2 is 2.00 bits per heavy atom. The Bertz CT molecular complexity index is 628. The van der Waals surface area contributed by atoms with Gasteiger partial charge in [0.1, 0.15) is 6.54 Å². The molecule has 22 heavy (non-hydrogen) atoms. The molecule has 0 fully saturated rings. The van der Waals surface area contributed by atoms with Crippen LogP contribution < -0.4 is 9.62 Å². The van der Waals surface area contributed by atoms with Crippen molar-refractivity contribution in [2.45, 2.75) is 26.8 Å². The first kappa shape index (κ1) is 18.4. The lowest BCUT2D eigenvalue weighted by atomic mass is 10.1. The minimum atomic E-state index is -3.56. The van der Waals surface area contributed by atoms with E-state index in [-0.39, 0.29) is 18.5 Å². The topological polar surface area (TPSA) is 75.7 Å². The molecule has 7 heteroatoms. The van der Waals surface area contributed by atoms with Crippen LogP contribution in [-0.4, -0.2) is 46.9 Å². The van der Waals surface area contributed by atoms with Crippen molar-refractivity contribution < 1.29 is 17.9 Å². The van der Waals surface area contributed by atoms with Crippen molar-refractivity contribution in [3.05, 3.63) is 29.3 Å². The molecule has 1 atom stereocenters. The second kappa shape index (κ2) is 7.60. The first-order chi connectivity index (χ1) is 10.1. The number of hydrogen-bond donors (Lipinski definition) is 1. The number of amides is 1. The summed E-state index contributed by atoms with van der Waals surface area (Å²) < 4.78 is 30.2. The number of benzene rings is 1. The zero-order chi connectivity index (χ0) is 16.9. The Hall–Kier alpha value is -1.60. The quantitative estimate of drug-likeness (QED) is 0.816. The third kappa shape index (κ3) is 5.31. The molecule has 1 N–H and O–H groups in total. The van der Waals surface area contributed by atoms with Crippen molar-refractivity contribution in [2.24, 2.45) is 0 Å². The summed E-state index contributed by atoms with van der Waals surface area (Å²) in [6, 6.07) is 5.33. The fourth-order valence-electron chi connectivity index (χ4n) is 2.11. The van der Waals surface area contributed by atoms with Crippen molar-refractivity contribution in [2.75, 3.05) is 30.8 Å². The highest BCUT2D eigenvalue weighted by molar-refractivity contribution is 7.92. The van der Waals surface area contributed by atoms with E-state index in [9.17, 15) is 13.2 Å². The Balaban J connectivity index is 3.01. The zero-order valence-corrected chi connectivity index (χ0v) is 14.5. The highest BCUT2D eigenvalue weighted by Gasteiger charge is 2.23. The predicted molar refractivity (Wildman–Crippen MR) is 87.6 cm³/mol. The number of methoxy groups -OCH3 is 1. The summed E-state index contributed by atoms with van der Waals surface area (Å²) in [7, 11) is -2.02. The van der Waals surface area contributed by atoms with Gasteiger partial charge in [0.2, 0.25) is 15.9 Å². The minimum Gasteiger partial charge on any atom is -0.383 e. The zero-order valence-electron chi connectivity index (χ0n) is 13.7. The van der Waals surface area contributed by atoms with Gasteiger partial charge in [-0.2, -0.15) is 0 Å². The van der Waals surface area contributed by atoms with Gasteiger partial charge in [0, 0.05) is 13.2 Å². The maximum absolute atomic E-state index is 12.1. The lowest BCUT2D eigenvalue weighted by Crippen LogP contribution is -2.44. The summed E-state index contributed by atoms with van der Waals surface area (Å²) >= 11 is 0. The van der Waals surface area contributed by atoms with Gasteiger partial charge in [0.15, 0.2) is 0 Å². The van der Waals surface area contributed by atoms with Crippen LogP contribution in [0.15, 0.2) is 18.2 Å². The van der Waals surface area contributed by atoms with Crippen LogP contribution in [0.4, 0.5) is 5.69 Å². The third-order valence-corrected chi connectivity index (χ3v) is 4.27. The molecule has 1 rings (SSSR count). The first-order valence-electron chi connectivity index (χ1n) is 6.98. The Morgan fingerprint density at radius 1 is 1.36 bits per heavy atom. The van der Waals surface area contributed by atoms with Crippen molar-refractivity contribution in [3.63, 3.8) is 0 Å². The van der Waals surface area contributed by atoms with Crippen molar-refractivity contribution in [1.29, 1.82) is 0 Å². The second-order valence-corrected chi connectivity index (χ2v) is 7.39. The number of ether oxygens (including phenoxy) is 1. The van der Waals surface area contributed by atoms with Gasteiger partial charge in [-0.15, -0.1) is 0 Å². The average Bonchev–Trinajstić information content (AvgIpc) is 2.38. The average molecular weight is 328 g/mol. The number of aryl methyl sites for hydroxylation is 2. The molecule has 0 saturated heterocycles. The van der Waals surface area contributed by atoms with E-state index in [1.54, 1.807) is 20.1 Å². The summed E-state index contributed by atoms with van der Waals surface area (Å²) in [5.74, 6) is -0.365. The number of rotatable bonds is 7. The molecule has 0 aliphatic heterocycles. The van der Waals surface area contributed by atoms with Gasteiger partial charge in [-0.1, -0.05) is 12.1 Å². The van der Waals surface area contributed by atoms with Gasteiger partial charge in [-0.3, -0.25) is 9.10 Å². The minimum absolute atomic E-state index is 0.183. The summed E-state index contributed by atoms with van der Waals surface area (Å²) in [5.41, 5.74) is 2.26. The number of anilines is 1. The molecule has 0 spiro atoms. The summed E-state index contributed by atoms with van der Waals surface area (Å²) in [5, 5.41) is 2.72. The van der Waals surface area contributed by atoms with Gasteiger partial charge in [-0.25, -0.2) is 8.42 Å². The molecule has 1 aromatic rings. The van der Waals surface area contributed by atoms with Crippen molar-refractivity contribution >= 4 is 21.6 Å². The van der Waals surface area contributed by atoms with E-state index in [0.717, 1.165) is 21.7 Å². The maximum Gasteiger partial charge on any atom is 0.241 e. The number of carbonyl (C=O) groups is 1. The molecule has 1 amide bonds. The lowest BCUT2D eigenvalue weighted by Gasteiger charge is -2.25. The van der Waals surface area contributed by atoms with Gasteiger partial charge < -0.3 is 10.1 Å². The van der Waals surface area contributed by atoms with Crippen molar-refractivity contribution in [3.8, 4) is 0 Å². The number of nitrogens with one attached hydrogen (secondary N) is 1. The van der Waals surface area contributed by atoms with Crippen LogP contribution >= 0.6 is 0 Å². The SMILES string of the molecule is COC[C@@H](C)NC(=O)CN(c1cc(C)ccc1C)S(C)(=O)=O. The molecule has 0 bridgehead atoms. The maximum atomic E-state index is 12.1. The summed E-state index contributed by atoms with van der Waals surface area (Å²) in [4.78, 5) is 12.1. The van der Waals surface area contributed by atoms with E-state index in [1.807, 2.05) is 26.0 Å². The first-order valence-corrected chi connectivity index (χ1v) is 8.83. The standard InChI is InChI=1S/C15H24N2O4S/c1-11-6-7-12(2)14(8-11)17(22(5,19)20)9-15(18)16-13(3)10-21-4/h6-8,13H,9-10H2,1-5H3,(H,16,18)/t13-/m1/s1. The highest BCUT2D eigenvalue weighted by atomic mass is 32.2. The van der Waals surface area contributed by atoms with Gasteiger partial charge in [0.05, 0.1) is 18.6 Å². The fourth-order valence-corrected chi connectivity index (χ4v) is 3.02. The van der Waals surface area contributed by atoms with Crippen LogP contribution in [0.25, 0.3) is 0 Å². The molecular formula is C15H24N2O4S. The molecule has 0 unspecified atom stereocenters. The van der Waals surface area contributed by atoms with E-state index in [0.29, 0.717) is 12.3 Å². The Morgan fingerprint density at radius 3 is 2.55 bits per heavy atom. The molecule has 1 aromatic carbocycles. The van der Waals surface area contributed by atoms with Gasteiger partial charge in [-0.05, 0) is 38.0 Å². The number of sulfonamides is 1. The van der Waals surface area contributed by atoms with Crippen LogP contribution in [0.1, 0.15) is 18.1 Å². The van der Waals surface area contributed by atoms with Crippen LogP contribution in [0, 0.1) is 13.8 Å². The third-order valence-electron chi connectivity index (χ3n) is 3.14. The molecule has 124 valence electrons. The number of nitrogens with zero attached hydrogens (tertiary/aromatic N) is 1. The largest absolute Gasteiger partial charge is 0.383 e. The van der Waals surface area contributed by atoms with Gasteiger partial charge in [0.25, 0.3) is 0 Å². The molecule has 0 heterocycles. The molecule has 0 radical (unpaired) electrons. The molecule has 0 aliphatic carbocycles. The number of hydrogen-bond acceptors (Lipinski definition) is 4. The van der Waals surface area contributed by atoms with Crippen molar-refractivity contribution in [1.82, 2.24) is 5.32 Å². The monoisotopic (exact) mass is 328 g/mol. The highest BCUT2D eigenvalue weighted by Crippen LogP contribution is 2.23. The normalized spacial score (nSPS) is 12.8. The van der Waals surface area contributed by atoms with E-state index < -0.39 is 10.0 Å². The Kier molecular flexibility index (Phi) is 6.37. The molecule has 6 nitrogen and oxygen atoms in total. The van der Waals surface area contributed by atoms with Gasteiger partial charge >= 0.3 is 0 Å². The fraction of sp³-hybridized carbons (Fsp3) is 0.533. The summed E-state index contributed by atoms with van der Waals surface area (Å²) in [6.45, 7) is 5.61. The molecule has 0 aliphatic rings. The van der Waals surface area contributed by atoms with E-state index >= 15 is 0 Å². The van der Waals surface area contributed by atoms with E-state index in [4.69, 9.17) is 4.74 Å². The molecule has 0 saturated carbocycles. The van der Waals surface area contributed by atoms with Crippen LogP contribution in [0.3, 0.4) is 0 Å². The molecular weight excluding hydrogens is 304 g/mol. The second-order valence-electron chi connectivity index (χ2n) is 5.48. The molecule has 0 aromatic heterocycles.